The molecule has 2 fully saturated rings. The monoisotopic (exact) mass is 542 g/mol. The van der Waals surface area contributed by atoms with Gasteiger partial charge in [0.05, 0.1) is 19.8 Å². The fraction of sp³-hybridized carbons (Fsp3) is 0.722. The molecule has 0 unspecified atom stereocenters. The minimum atomic E-state index is -3.42. The van der Waals surface area contributed by atoms with Crippen LogP contribution >= 0.6 is 35.3 Å². The third kappa shape index (κ3) is 5.59. The normalized spacial score (nSPS) is 20.1. The zero-order valence-corrected chi connectivity index (χ0v) is 20.5. The topological polar surface area (TPSA) is 83.0 Å². The summed E-state index contributed by atoms with van der Waals surface area (Å²) in [7, 11) is -1.65. The Morgan fingerprint density at radius 1 is 1.29 bits per heavy atom. The standard InChI is InChI=1S/C18H30N4O3S2.HI/c1-3-18(7-4-8-18)14-21-17(19-2)20-13-15-5-6-16(26-15)27(23,24)22-9-11-25-12-10-22;/h5-6H,3-4,7-14H2,1-2H3,(H2,19,20,21);1H. The van der Waals surface area contributed by atoms with E-state index < -0.39 is 10.0 Å². The van der Waals surface area contributed by atoms with Crippen molar-refractivity contribution >= 4 is 51.3 Å². The Bertz CT molecular complexity index is 751. The molecule has 0 spiro atoms. The van der Waals surface area contributed by atoms with Gasteiger partial charge in [0.25, 0.3) is 10.0 Å². The van der Waals surface area contributed by atoms with E-state index in [9.17, 15) is 8.42 Å². The van der Waals surface area contributed by atoms with Gasteiger partial charge in [-0.05, 0) is 36.8 Å². The van der Waals surface area contributed by atoms with Crippen molar-refractivity contribution in [2.24, 2.45) is 10.4 Å². The summed E-state index contributed by atoms with van der Waals surface area (Å²) < 4.78 is 32.6. The number of nitrogens with zero attached hydrogens (tertiary/aromatic N) is 2. The average Bonchev–Trinajstić information content (AvgIpc) is 3.14. The Morgan fingerprint density at radius 3 is 2.57 bits per heavy atom. The van der Waals surface area contributed by atoms with Crippen LogP contribution in [0.3, 0.4) is 0 Å². The van der Waals surface area contributed by atoms with Crippen LogP contribution in [0.15, 0.2) is 21.3 Å². The third-order valence-electron chi connectivity index (χ3n) is 5.65. The fourth-order valence-electron chi connectivity index (χ4n) is 3.50. The minimum absolute atomic E-state index is 0. The van der Waals surface area contributed by atoms with Crippen molar-refractivity contribution in [1.29, 1.82) is 0 Å². The van der Waals surface area contributed by atoms with Gasteiger partial charge >= 0.3 is 0 Å². The Kier molecular flexibility index (Phi) is 8.99. The van der Waals surface area contributed by atoms with Crippen molar-refractivity contribution in [3.63, 3.8) is 0 Å². The lowest BCUT2D eigenvalue weighted by molar-refractivity contribution is 0.0731. The molecule has 0 radical (unpaired) electrons. The molecule has 1 aliphatic carbocycles. The maximum Gasteiger partial charge on any atom is 0.252 e. The molecule has 0 bridgehead atoms. The first kappa shape index (κ1) is 23.8. The number of halogens is 1. The number of hydrogen-bond acceptors (Lipinski definition) is 5. The van der Waals surface area contributed by atoms with E-state index in [2.05, 4.69) is 22.5 Å². The predicted octanol–water partition coefficient (Wildman–Crippen LogP) is 2.63. The van der Waals surface area contributed by atoms with Gasteiger partial charge in [0.1, 0.15) is 4.21 Å². The first-order valence-corrected chi connectivity index (χ1v) is 11.9. The highest BCUT2D eigenvalue weighted by atomic mass is 127. The van der Waals surface area contributed by atoms with Crippen LogP contribution in [0.5, 0.6) is 0 Å². The molecule has 2 heterocycles. The van der Waals surface area contributed by atoms with E-state index in [0.717, 1.165) is 17.4 Å². The summed E-state index contributed by atoms with van der Waals surface area (Å²) in [5.74, 6) is 0.765. The number of thiophene rings is 1. The molecule has 0 amide bonds. The quantitative estimate of drug-likeness (QED) is 0.315. The summed E-state index contributed by atoms with van der Waals surface area (Å²) in [6.07, 6.45) is 5.06. The molecule has 1 aromatic rings. The molecule has 1 aliphatic heterocycles. The molecular formula is C18H31IN4O3S2. The maximum absolute atomic E-state index is 12.7. The lowest BCUT2D eigenvalue weighted by Crippen LogP contribution is -2.45. The Labute approximate surface area is 189 Å². The van der Waals surface area contributed by atoms with E-state index in [-0.39, 0.29) is 24.0 Å². The van der Waals surface area contributed by atoms with E-state index in [4.69, 9.17) is 4.74 Å². The van der Waals surface area contributed by atoms with Gasteiger partial charge in [-0.1, -0.05) is 13.3 Å². The largest absolute Gasteiger partial charge is 0.379 e. The van der Waals surface area contributed by atoms with E-state index in [1.807, 2.05) is 6.07 Å². The predicted molar refractivity (Wildman–Crippen MR) is 124 cm³/mol. The van der Waals surface area contributed by atoms with Crippen molar-refractivity contribution < 1.29 is 13.2 Å². The molecule has 3 rings (SSSR count). The van der Waals surface area contributed by atoms with Gasteiger partial charge in [0.15, 0.2) is 5.96 Å². The molecular weight excluding hydrogens is 511 g/mol. The van der Waals surface area contributed by atoms with Crippen molar-refractivity contribution in [3.8, 4) is 0 Å². The first-order chi connectivity index (χ1) is 13.0. The van der Waals surface area contributed by atoms with Crippen LogP contribution in [0.25, 0.3) is 0 Å². The van der Waals surface area contributed by atoms with Gasteiger partial charge in [-0.2, -0.15) is 4.31 Å². The molecule has 2 aliphatic rings. The number of sulfonamides is 1. The summed E-state index contributed by atoms with van der Waals surface area (Å²) >= 11 is 1.31. The zero-order valence-electron chi connectivity index (χ0n) is 16.6. The van der Waals surface area contributed by atoms with Crippen molar-refractivity contribution in [3.05, 3.63) is 17.0 Å². The number of nitrogens with one attached hydrogen (secondary N) is 2. The Hall–Kier alpha value is -0.430. The van der Waals surface area contributed by atoms with Gasteiger partial charge in [-0.25, -0.2) is 8.42 Å². The molecule has 0 atom stereocenters. The number of morpholine rings is 1. The second-order valence-corrected chi connectivity index (χ2v) is 10.6. The summed E-state index contributed by atoms with van der Waals surface area (Å²) in [6.45, 7) is 5.50. The van der Waals surface area contributed by atoms with Crippen LogP contribution in [-0.2, 0) is 21.3 Å². The van der Waals surface area contributed by atoms with Crippen LogP contribution < -0.4 is 10.6 Å². The molecule has 10 heteroatoms. The smallest absolute Gasteiger partial charge is 0.252 e. The van der Waals surface area contributed by atoms with Gasteiger partial charge < -0.3 is 15.4 Å². The lowest BCUT2D eigenvalue weighted by atomic mass is 9.67. The van der Waals surface area contributed by atoms with E-state index in [0.29, 0.717) is 42.5 Å². The first-order valence-electron chi connectivity index (χ1n) is 9.60. The van der Waals surface area contributed by atoms with Gasteiger partial charge in [-0.3, -0.25) is 4.99 Å². The number of aliphatic imine (C=N–C) groups is 1. The highest BCUT2D eigenvalue weighted by molar-refractivity contribution is 14.0. The summed E-state index contributed by atoms with van der Waals surface area (Å²) in [5.41, 5.74) is 0.417. The minimum Gasteiger partial charge on any atom is -0.379 e. The highest BCUT2D eigenvalue weighted by Crippen LogP contribution is 2.43. The van der Waals surface area contributed by atoms with Crippen molar-refractivity contribution in [2.75, 3.05) is 39.9 Å². The van der Waals surface area contributed by atoms with Crippen LogP contribution in [0, 0.1) is 5.41 Å². The molecule has 0 aromatic carbocycles. The lowest BCUT2D eigenvalue weighted by Gasteiger charge is -2.41. The molecule has 1 saturated heterocycles. The SMILES string of the molecule is CCC1(CNC(=NC)NCc2ccc(S(=O)(=O)N3CCOCC3)s2)CCC1.I. The van der Waals surface area contributed by atoms with Crippen LogP contribution in [0.1, 0.15) is 37.5 Å². The second-order valence-electron chi connectivity index (χ2n) is 7.22. The Balaban J connectivity index is 0.00000280. The molecule has 160 valence electrons. The highest BCUT2D eigenvalue weighted by Gasteiger charge is 2.35. The van der Waals surface area contributed by atoms with Gasteiger partial charge in [0, 0.05) is 31.6 Å². The van der Waals surface area contributed by atoms with E-state index >= 15 is 0 Å². The molecule has 1 saturated carbocycles. The van der Waals surface area contributed by atoms with Crippen LogP contribution in [-0.4, -0.2) is 58.6 Å². The molecule has 2 N–H and O–H groups in total. The average molecular weight is 543 g/mol. The van der Waals surface area contributed by atoms with E-state index in [1.165, 1.54) is 41.3 Å². The maximum atomic E-state index is 12.7. The van der Waals surface area contributed by atoms with Crippen molar-refractivity contribution in [2.45, 2.75) is 43.4 Å². The summed E-state index contributed by atoms with van der Waals surface area (Å²) in [5, 5.41) is 6.72. The van der Waals surface area contributed by atoms with Gasteiger partial charge in [0.2, 0.25) is 0 Å². The second kappa shape index (κ2) is 10.6. The van der Waals surface area contributed by atoms with Crippen molar-refractivity contribution in [1.82, 2.24) is 14.9 Å². The third-order valence-corrected chi connectivity index (χ3v) is 9.10. The zero-order chi connectivity index (χ0) is 19.3. The summed E-state index contributed by atoms with van der Waals surface area (Å²) in [4.78, 5) is 5.26. The Morgan fingerprint density at radius 2 is 2.00 bits per heavy atom. The van der Waals surface area contributed by atoms with Gasteiger partial charge in [-0.15, -0.1) is 35.3 Å². The number of rotatable bonds is 7. The van der Waals surface area contributed by atoms with Crippen LogP contribution in [0.2, 0.25) is 0 Å². The molecule has 7 nitrogen and oxygen atoms in total. The fourth-order valence-corrected chi connectivity index (χ4v) is 6.36. The molecule has 28 heavy (non-hydrogen) atoms. The van der Waals surface area contributed by atoms with Crippen LogP contribution in [0.4, 0.5) is 0 Å². The molecule has 1 aromatic heterocycles. The number of hydrogen-bond donors (Lipinski definition) is 2. The summed E-state index contributed by atoms with van der Waals surface area (Å²) in [6, 6.07) is 3.57. The number of ether oxygens (including phenoxy) is 1. The number of guanidine groups is 1. The van der Waals surface area contributed by atoms with E-state index in [1.54, 1.807) is 13.1 Å².